The van der Waals surface area contributed by atoms with E-state index in [2.05, 4.69) is 0 Å². The molecule has 0 saturated carbocycles. The summed E-state index contributed by atoms with van der Waals surface area (Å²) in [5.41, 5.74) is 0.498. The molecule has 1 aliphatic rings. The highest BCUT2D eigenvalue weighted by molar-refractivity contribution is 5.81. The van der Waals surface area contributed by atoms with Crippen LogP contribution in [0.15, 0.2) is 29.1 Å². The standard InChI is InChI=1S/C21H29N3O2/c1-5-18-22-17-9-7-6-8-16(17)19(25)24(18)14-15-10-12-23(13-11-15)20(26)21(2,3)4/h6-9,15H,5,10-14H2,1-4H3. The highest BCUT2D eigenvalue weighted by Crippen LogP contribution is 2.24. The average molecular weight is 355 g/mol. The Kier molecular flexibility index (Phi) is 5.17. The molecule has 0 bridgehead atoms. The van der Waals surface area contributed by atoms with Gasteiger partial charge in [-0.15, -0.1) is 0 Å². The number of hydrogen-bond donors (Lipinski definition) is 0. The van der Waals surface area contributed by atoms with E-state index in [1.807, 2.05) is 61.4 Å². The number of carbonyl (C=O) groups excluding carboxylic acids is 1. The van der Waals surface area contributed by atoms with Crippen LogP contribution in [0, 0.1) is 11.3 Å². The van der Waals surface area contributed by atoms with Crippen LogP contribution in [0.3, 0.4) is 0 Å². The van der Waals surface area contributed by atoms with E-state index in [1.165, 1.54) is 0 Å². The lowest BCUT2D eigenvalue weighted by molar-refractivity contribution is -0.140. The summed E-state index contributed by atoms with van der Waals surface area (Å²) in [6.07, 6.45) is 2.61. The quantitative estimate of drug-likeness (QED) is 0.849. The molecule has 5 nitrogen and oxygen atoms in total. The Bertz CT molecular complexity index is 856. The average Bonchev–Trinajstić information content (AvgIpc) is 2.63. The van der Waals surface area contributed by atoms with E-state index >= 15 is 0 Å². The molecule has 0 unspecified atom stereocenters. The fraction of sp³-hybridized carbons (Fsp3) is 0.571. The number of rotatable bonds is 3. The van der Waals surface area contributed by atoms with Crippen LogP contribution in [-0.2, 0) is 17.8 Å². The Hall–Kier alpha value is -2.17. The second-order valence-corrected chi connectivity index (χ2v) is 8.30. The zero-order valence-corrected chi connectivity index (χ0v) is 16.3. The molecule has 1 aromatic carbocycles. The number of amides is 1. The van der Waals surface area contributed by atoms with E-state index in [0.29, 0.717) is 17.8 Å². The molecule has 1 aromatic heterocycles. The lowest BCUT2D eigenvalue weighted by Crippen LogP contribution is -2.45. The smallest absolute Gasteiger partial charge is 0.261 e. The van der Waals surface area contributed by atoms with Gasteiger partial charge in [0.25, 0.3) is 5.56 Å². The van der Waals surface area contributed by atoms with Crippen LogP contribution < -0.4 is 5.56 Å². The number of fused-ring (bicyclic) bond motifs is 1. The highest BCUT2D eigenvalue weighted by atomic mass is 16.2. The van der Waals surface area contributed by atoms with E-state index in [0.717, 1.165) is 43.7 Å². The fourth-order valence-electron chi connectivity index (χ4n) is 3.72. The van der Waals surface area contributed by atoms with Crippen molar-refractivity contribution < 1.29 is 4.79 Å². The zero-order valence-electron chi connectivity index (χ0n) is 16.3. The van der Waals surface area contributed by atoms with Gasteiger partial charge in [-0.3, -0.25) is 14.2 Å². The third kappa shape index (κ3) is 3.67. The number of nitrogens with zero attached hydrogens (tertiary/aromatic N) is 3. The molecule has 0 atom stereocenters. The lowest BCUT2D eigenvalue weighted by atomic mass is 9.91. The van der Waals surface area contributed by atoms with E-state index in [4.69, 9.17) is 4.98 Å². The number of hydrogen-bond acceptors (Lipinski definition) is 3. The molecule has 0 radical (unpaired) electrons. The second kappa shape index (κ2) is 7.22. The van der Waals surface area contributed by atoms with E-state index < -0.39 is 0 Å². The van der Waals surface area contributed by atoms with Crippen LogP contribution in [0.1, 0.15) is 46.4 Å². The number of benzene rings is 1. The number of para-hydroxylation sites is 1. The van der Waals surface area contributed by atoms with Gasteiger partial charge in [-0.1, -0.05) is 39.8 Å². The third-order valence-electron chi connectivity index (χ3n) is 5.24. The largest absolute Gasteiger partial charge is 0.342 e. The number of carbonyl (C=O) groups is 1. The minimum absolute atomic E-state index is 0.0562. The lowest BCUT2D eigenvalue weighted by Gasteiger charge is -2.36. The molecule has 5 heteroatoms. The topological polar surface area (TPSA) is 55.2 Å². The van der Waals surface area contributed by atoms with E-state index in [9.17, 15) is 9.59 Å². The van der Waals surface area contributed by atoms with E-state index in [1.54, 1.807) is 0 Å². The number of likely N-dealkylation sites (tertiary alicyclic amines) is 1. The van der Waals surface area contributed by atoms with Gasteiger partial charge in [0.05, 0.1) is 10.9 Å². The van der Waals surface area contributed by atoms with Crippen molar-refractivity contribution in [2.75, 3.05) is 13.1 Å². The molecule has 2 heterocycles. The highest BCUT2D eigenvalue weighted by Gasteiger charge is 2.30. The third-order valence-corrected chi connectivity index (χ3v) is 5.24. The molecule has 3 rings (SSSR count). The second-order valence-electron chi connectivity index (χ2n) is 8.30. The monoisotopic (exact) mass is 355 g/mol. The van der Waals surface area contributed by atoms with Gasteiger partial charge in [0.1, 0.15) is 5.82 Å². The van der Waals surface area contributed by atoms with Crippen molar-refractivity contribution >= 4 is 16.8 Å². The first kappa shape index (κ1) is 18.6. The number of aromatic nitrogens is 2. The van der Waals surface area contributed by atoms with Crippen LogP contribution >= 0.6 is 0 Å². The SMILES string of the molecule is CCc1nc2ccccc2c(=O)n1CC1CCN(C(=O)C(C)(C)C)CC1. The summed E-state index contributed by atoms with van der Waals surface area (Å²) in [7, 11) is 0. The van der Waals surface area contributed by atoms with Gasteiger partial charge in [0.15, 0.2) is 0 Å². The molecule has 0 spiro atoms. The van der Waals surface area contributed by atoms with Crippen LogP contribution in [0.2, 0.25) is 0 Å². The molecule has 1 saturated heterocycles. The van der Waals surface area contributed by atoms with Crippen molar-refractivity contribution in [2.45, 2.75) is 53.5 Å². The molecule has 0 N–H and O–H groups in total. The Morgan fingerprint density at radius 2 is 1.85 bits per heavy atom. The summed E-state index contributed by atoms with van der Waals surface area (Å²) in [5, 5.41) is 0.685. The summed E-state index contributed by atoms with van der Waals surface area (Å²) < 4.78 is 1.86. The Labute approximate surface area is 155 Å². The van der Waals surface area contributed by atoms with Gasteiger partial charge in [-0.25, -0.2) is 4.98 Å². The zero-order chi connectivity index (χ0) is 18.9. The Morgan fingerprint density at radius 1 is 1.19 bits per heavy atom. The normalized spacial score (nSPS) is 16.2. The van der Waals surface area contributed by atoms with Crippen molar-refractivity contribution in [3.05, 3.63) is 40.4 Å². The first-order chi connectivity index (χ1) is 12.3. The van der Waals surface area contributed by atoms with Crippen LogP contribution in [0.4, 0.5) is 0 Å². The molecule has 1 aliphatic heterocycles. The van der Waals surface area contributed by atoms with Gasteiger partial charge < -0.3 is 4.90 Å². The van der Waals surface area contributed by atoms with Crippen LogP contribution in [-0.4, -0.2) is 33.4 Å². The molecular weight excluding hydrogens is 326 g/mol. The first-order valence-electron chi connectivity index (χ1n) is 9.59. The van der Waals surface area contributed by atoms with Crippen molar-refractivity contribution in [3.8, 4) is 0 Å². The van der Waals surface area contributed by atoms with Crippen molar-refractivity contribution in [2.24, 2.45) is 11.3 Å². The van der Waals surface area contributed by atoms with E-state index in [-0.39, 0.29) is 16.9 Å². The molecule has 0 aliphatic carbocycles. The molecule has 26 heavy (non-hydrogen) atoms. The maximum atomic E-state index is 12.9. The summed E-state index contributed by atoms with van der Waals surface area (Å²) in [6, 6.07) is 7.56. The molecule has 140 valence electrons. The first-order valence-corrected chi connectivity index (χ1v) is 9.59. The van der Waals surface area contributed by atoms with Gasteiger partial charge >= 0.3 is 0 Å². The predicted octanol–water partition coefficient (Wildman–Crippen LogP) is 3.24. The summed E-state index contributed by atoms with van der Waals surface area (Å²) in [5.74, 6) is 1.47. The number of piperidine rings is 1. The fourth-order valence-corrected chi connectivity index (χ4v) is 3.72. The molecule has 1 fully saturated rings. The molecule has 1 amide bonds. The van der Waals surface area contributed by atoms with Gasteiger partial charge in [0.2, 0.25) is 5.91 Å². The maximum Gasteiger partial charge on any atom is 0.261 e. The molecule has 2 aromatic rings. The van der Waals surface area contributed by atoms with Crippen molar-refractivity contribution in [3.63, 3.8) is 0 Å². The van der Waals surface area contributed by atoms with Gasteiger partial charge in [-0.2, -0.15) is 0 Å². The van der Waals surface area contributed by atoms with Crippen LogP contribution in [0.5, 0.6) is 0 Å². The maximum absolute atomic E-state index is 12.9. The minimum Gasteiger partial charge on any atom is -0.342 e. The minimum atomic E-state index is -0.332. The Balaban J connectivity index is 1.77. The van der Waals surface area contributed by atoms with Crippen LogP contribution in [0.25, 0.3) is 10.9 Å². The number of aryl methyl sites for hydroxylation is 1. The predicted molar refractivity (Wildman–Crippen MR) is 104 cm³/mol. The summed E-state index contributed by atoms with van der Waals surface area (Å²) in [6.45, 7) is 10.2. The summed E-state index contributed by atoms with van der Waals surface area (Å²) in [4.78, 5) is 32.1. The molecular formula is C21H29N3O2. The summed E-state index contributed by atoms with van der Waals surface area (Å²) >= 11 is 0. The Morgan fingerprint density at radius 3 is 2.46 bits per heavy atom. The van der Waals surface area contributed by atoms with Crippen molar-refractivity contribution in [1.82, 2.24) is 14.5 Å². The van der Waals surface area contributed by atoms with Gasteiger partial charge in [-0.05, 0) is 30.9 Å². The van der Waals surface area contributed by atoms with Gasteiger partial charge in [0, 0.05) is 31.5 Å². The van der Waals surface area contributed by atoms with Crippen molar-refractivity contribution in [1.29, 1.82) is 0 Å².